The molecule has 0 bridgehead atoms. The Bertz CT molecular complexity index is 771. The van der Waals surface area contributed by atoms with Gasteiger partial charge >= 0.3 is 6.18 Å². The number of nitrogens with zero attached hydrogens (tertiary/aromatic N) is 1. The number of hydrogen-bond donors (Lipinski definition) is 1. The normalized spacial score (nSPS) is 15.1. The maximum absolute atomic E-state index is 13.2. The van der Waals surface area contributed by atoms with Crippen LogP contribution in [-0.2, 0) is 17.4 Å². The molecule has 6 heteroatoms. The Labute approximate surface area is 163 Å². The highest BCUT2D eigenvalue weighted by Crippen LogP contribution is 2.34. The van der Waals surface area contributed by atoms with Crippen LogP contribution >= 0.6 is 0 Å². The Morgan fingerprint density at radius 2 is 1.64 bits per heavy atom. The van der Waals surface area contributed by atoms with Gasteiger partial charge in [-0.3, -0.25) is 9.69 Å². The van der Waals surface area contributed by atoms with Gasteiger partial charge in [-0.25, -0.2) is 0 Å². The summed E-state index contributed by atoms with van der Waals surface area (Å²) >= 11 is 0. The maximum atomic E-state index is 13.2. The summed E-state index contributed by atoms with van der Waals surface area (Å²) in [7, 11) is 0. The number of carbonyl (C=O) groups excluding carboxylic acids is 1. The summed E-state index contributed by atoms with van der Waals surface area (Å²) in [4.78, 5) is 14.7. The van der Waals surface area contributed by atoms with Crippen LogP contribution in [0.4, 0.5) is 18.9 Å². The van der Waals surface area contributed by atoms with E-state index in [1.807, 2.05) is 30.3 Å². The van der Waals surface area contributed by atoms with Gasteiger partial charge in [0.1, 0.15) is 0 Å². The highest BCUT2D eigenvalue weighted by Gasteiger charge is 2.34. The number of alkyl halides is 3. The number of benzene rings is 2. The van der Waals surface area contributed by atoms with Crippen molar-refractivity contribution < 1.29 is 18.0 Å². The van der Waals surface area contributed by atoms with Crippen LogP contribution in [-0.4, -0.2) is 29.9 Å². The fourth-order valence-electron chi connectivity index (χ4n) is 3.79. The minimum atomic E-state index is -4.50. The number of hydrogen-bond acceptors (Lipinski definition) is 2. The van der Waals surface area contributed by atoms with Crippen LogP contribution < -0.4 is 5.32 Å². The first-order valence-electron chi connectivity index (χ1n) is 9.67. The topological polar surface area (TPSA) is 32.3 Å². The van der Waals surface area contributed by atoms with E-state index in [4.69, 9.17) is 0 Å². The number of nitrogens with one attached hydrogen (secondary N) is 1. The standard InChI is InChI=1S/C22H25F3N2O/c23-22(24,25)19-12-6-7-13-20(19)26-21(28)16-27(18-10-4-5-11-18)15-14-17-8-2-1-3-9-17/h1-3,6-9,12-13,18H,4-5,10-11,14-16H2,(H,26,28). The van der Waals surface area contributed by atoms with E-state index in [-0.39, 0.29) is 12.2 Å². The molecule has 0 spiro atoms. The molecule has 1 fully saturated rings. The van der Waals surface area contributed by atoms with Gasteiger partial charge in [-0.1, -0.05) is 55.3 Å². The largest absolute Gasteiger partial charge is 0.418 e. The molecule has 1 N–H and O–H groups in total. The summed E-state index contributed by atoms with van der Waals surface area (Å²) in [6.07, 6.45) is 0.630. The summed E-state index contributed by atoms with van der Waals surface area (Å²) in [6.45, 7) is 0.812. The molecule has 0 aliphatic heterocycles. The van der Waals surface area contributed by atoms with Gasteiger partial charge in [0.2, 0.25) is 5.91 Å². The first-order chi connectivity index (χ1) is 13.4. The van der Waals surface area contributed by atoms with E-state index >= 15 is 0 Å². The summed E-state index contributed by atoms with van der Waals surface area (Å²) < 4.78 is 39.5. The van der Waals surface area contributed by atoms with Crippen LogP contribution in [0.2, 0.25) is 0 Å². The third-order valence-corrected chi connectivity index (χ3v) is 5.22. The predicted molar refractivity (Wildman–Crippen MR) is 104 cm³/mol. The van der Waals surface area contributed by atoms with Crippen LogP contribution in [0.25, 0.3) is 0 Å². The molecule has 2 aromatic rings. The molecule has 150 valence electrons. The van der Waals surface area contributed by atoms with Crippen LogP contribution in [0.1, 0.15) is 36.8 Å². The molecule has 2 aromatic carbocycles. The number of halogens is 3. The lowest BCUT2D eigenvalue weighted by molar-refractivity contribution is -0.137. The molecule has 0 atom stereocenters. The first-order valence-corrected chi connectivity index (χ1v) is 9.67. The number of para-hydroxylation sites is 1. The van der Waals surface area contributed by atoms with Gasteiger partial charge in [0.15, 0.2) is 0 Å². The molecule has 0 heterocycles. The van der Waals surface area contributed by atoms with Crippen LogP contribution in [0.15, 0.2) is 54.6 Å². The van der Waals surface area contributed by atoms with Crippen LogP contribution in [0.3, 0.4) is 0 Å². The van der Waals surface area contributed by atoms with Crippen molar-refractivity contribution in [2.24, 2.45) is 0 Å². The van der Waals surface area contributed by atoms with E-state index in [0.29, 0.717) is 12.6 Å². The molecule has 28 heavy (non-hydrogen) atoms. The average Bonchev–Trinajstić information content (AvgIpc) is 3.20. The van der Waals surface area contributed by atoms with Crippen LogP contribution in [0.5, 0.6) is 0 Å². The summed E-state index contributed by atoms with van der Waals surface area (Å²) in [5.74, 6) is -0.406. The fourth-order valence-corrected chi connectivity index (χ4v) is 3.79. The van der Waals surface area contributed by atoms with Crippen molar-refractivity contribution in [3.05, 3.63) is 65.7 Å². The number of rotatable bonds is 7. The van der Waals surface area contributed by atoms with Crippen molar-refractivity contribution in [2.75, 3.05) is 18.4 Å². The molecular formula is C22H25F3N2O. The van der Waals surface area contributed by atoms with Gasteiger partial charge < -0.3 is 5.32 Å². The molecule has 1 saturated carbocycles. The Kier molecular flexibility index (Phi) is 6.73. The predicted octanol–water partition coefficient (Wildman–Crippen LogP) is 5.13. The quantitative estimate of drug-likeness (QED) is 0.711. The van der Waals surface area contributed by atoms with Crippen molar-refractivity contribution in [2.45, 2.75) is 44.3 Å². The molecule has 0 radical (unpaired) electrons. The van der Waals surface area contributed by atoms with Crippen molar-refractivity contribution in [3.8, 4) is 0 Å². The smallest absolute Gasteiger partial charge is 0.324 e. The first kappa shape index (κ1) is 20.4. The Morgan fingerprint density at radius 1 is 1.00 bits per heavy atom. The van der Waals surface area contributed by atoms with Gasteiger partial charge in [-0.15, -0.1) is 0 Å². The lowest BCUT2D eigenvalue weighted by atomic mass is 10.1. The lowest BCUT2D eigenvalue weighted by Crippen LogP contribution is -2.41. The van der Waals surface area contributed by atoms with Gasteiger partial charge in [-0.2, -0.15) is 13.2 Å². The summed E-state index contributed by atoms with van der Waals surface area (Å²) in [5, 5.41) is 2.47. The zero-order valence-corrected chi connectivity index (χ0v) is 15.7. The summed E-state index contributed by atoms with van der Waals surface area (Å²) in [6, 6.07) is 15.4. The second kappa shape index (κ2) is 9.24. The average molecular weight is 390 g/mol. The molecule has 1 aliphatic rings. The highest BCUT2D eigenvalue weighted by atomic mass is 19.4. The third-order valence-electron chi connectivity index (χ3n) is 5.22. The maximum Gasteiger partial charge on any atom is 0.418 e. The van der Waals surface area contributed by atoms with Gasteiger partial charge in [-0.05, 0) is 37.0 Å². The molecular weight excluding hydrogens is 365 g/mol. The zero-order chi connectivity index (χ0) is 20.0. The molecule has 1 aliphatic carbocycles. The number of anilines is 1. The number of amides is 1. The van der Waals surface area contributed by atoms with E-state index in [9.17, 15) is 18.0 Å². The third kappa shape index (κ3) is 5.58. The molecule has 0 saturated heterocycles. The van der Waals surface area contributed by atoms with Crippen molar-refractivity contribution >= 4 is 11.6 Å². The second-order valence-electron chi connectivity index (χ2n) is 7.24. The van der Waals surface area contributed by atoms with E-state index in [2.05, 4.69) is 10.2 Å². The van der Waals surface area contributed by atoms with E-state index < -0.39 is 17.6 Å². The highest BCUT2D eigenvalue weighted by molar-refractivity contribution is 5.93. The Balaban J connectivity index is 1.66. The van der Waals surface area contributed by atoms with E-state index in [1.54, 1.807) is 0 Å². The fraction of sp³-hybridized carbons (Fsp3) is 0.409. The Morgan fingerprint density at radius 3 is 2.32 bits per heavy atom. The van der Waals surface area contributed by atoms with Gasteiger partial charge in [0.05, 0.1) is 17.8 Å². The monoisotopic (exact) mass is 390 g/mol. The minimum Gasteiger partial charge on any atom is -0.324 e. The molecule has 0 aromatic heterocycles. The van der Waals surface area contributed by atoms with Gasteiger partial charge in [0.25, 0.3) is 0 Å². The van der Waals surface area contributed by atoms with Crippen molar-refractivity contribution in [3.63, 3.8) is 0 Å². The molecule has 1 amide bonds. The van der Waals surface area contributed by atoms with Crippen molar-refractivity contribution in [1.29, 1.82) is 0 Å². The minimum absolute atomic E-state index is 0.101. The lowest BCUT2D eigenvalue weighted by Gasteiger charge is -2.28. The number of carbonyl (C=O) groups is 1. The zero-order valence-electron chi connectivity index (χ0n) is 15.7. The molecule has 3 rings (SSSR count). The SMILES string of the molecule is O=C(CN(CCc1ccccc1)C1CCCC1)Nc1ccccc1C(F)(F)F. The second-order valence-corrected chi connectivity index (χ2v) is 7.24. The molecule has 3 nitrogen and oxygen atoms in total. The van der Waals surface area contributed by atoms with Crippen molar-refractivity contribution in [1.82, 2.24) is 4.90 Å². The van der Waals surface area contributed by atoms with E-state index in [1.165, 1.54) is 23.8 Å². The summed E-state index contributed by atoms with van der Waals surface area (Å²) in [5.41, 5.74) is 0.183. The molecule has 0 unspecified atom stereocenters. The Hall–Kier alpha value is -2.34. The van der Waals surface area contributed by atoms with Crippen LogP contribution in [0, 0.1) is 0 Å². The van der Waals surface area contributed by atoms with E-state index in [0.717, 1.165) is 38.2 Å². The van der Waals surface area contributed by atoms with Gasteiger partial charge in [0, 0.05) is 12.6 Å².